The van der Waals surface area contributed by atoms with Crippen molar-refractivity contribution in [1.29, 1.82) is 0 Å². The molecule has 1 atom stereocenters. The van der Waals surface area contributed by atoms with Crippen molar-refractivity contribution in [1.82, 2.24) is 9.78 Å². The molecule has 28 heavy (non-hydrogen) atoms. The number of rotatable bonds is 3. The van der Waals surface area contributed by atoms with Gasteiger partial charge in [0.1, 0.15) is 23.3 Å². The van der Waals surface area contributed by atoms with E-state index in [0.717, 1.165) is 18.2 Å². The molecule has 3 aromatic rings. The van der Waals surface area contributed by atoms with Gasteiger partial charge in [-0.05, 0) is 31.5 Å². The largest absolute Gasteiger partial charge is 0.358 e. The Balaban J connectivity index is 2.02. The smallest absolute Gasteiger partial charge is 0.162 e. The first-order valence-electron chi connectivity index (χ1n) is 8.45. The molecule has 2 aromatic carbocycles. The number of aromatic nitrogens is 2. The Morgan fingerprint density at radius 1 is 1.00 bits per heavy atom. The molecule has 1 fully saturated rings. The summed E-state index contributed by atoms with van der Waals surface area (Å²) >= 11 is 6.14. The number of nitrogens with zero attached hydrogens (tertiary/aromatic N) is 2. The van der Waals surface area contributed by atoms with Crippen LogP contribution in [-0.4, -0.2) is 16.4 Å². The van der Waals surface area contributed by atoms with Crippen LogP contribution in [0.3, 0.4) is 0 Å². The lowest BCUT2D eigenvalue weighted by Gasteiger charge is -2.19. The Kier molecular flexibility index (Phi) is 4.28. The topological polar surface area (TPSA) is 30.4 Å². The molecule has 1 unspecified atom stereocenters. The summed E-state index contributed by atoms with van der Waals surface area (Å²) in [5.41, 5.74) is 0.273. The van der Waals surface area contributed by atoms with Gasteiger partial charge in [0.05, 0.1) is 23.0 Å². The molecule has 3 nitrogen and oxygen atoms in total. The van der Waals surface area contributed by atoms with Crippen LogP contribution in [0, 0.1) is 37.1 Å². The van der Waals surface area contributed by atoms with Crippen molar-refractivity contribution in [3.05, 3.63) is 75.1 Å². The SMILES string of the molecule is Cc1cc(F)cc(F)c1C1(c2c(-c3c(F)cc(F)cc3Cl)c(C)nn2C)CO1. The highest BCUT2D eigenvalue weighted by Gasteiger charge is 2.55. The van der Waals surface area contributed by atoms with Crippen LogP contribution in [0.1, 0.15) is 22.5 Å². The molecule has 146 valence electrons. The van der Waals surface area contributed by atoms with Gasteiger partial charge in [-0.15, -0.1) is 0 Å². The molecule has 1 aromatic heterocycles. The van der Waals surface area contributed by atoms with Gasteiger partial charge in [0.25, 0.3) is 0 Å². The second-order valence-corrected chi connectivity index (χ2v) is 7.28. The fraction of sp³-hybridized carbons (Fsp3) is 0.250. The van der Waals surface area contributed by atoms with Crippen LogP contribution in [0.5, 0.6) is 0 Å². The zero-order valence-corrected chi connectivity index (χ0v) is 16.0. The number of aryl methyl sites for hydroxylation is 3. The summed E-state index contributed by atoms with van der Waals surface area (Å²) in [5.74, 6) is -3.16. The number of halogens is 5. The Labute approximate surface area is 163 Å². The monoisotopic (exact) mass is 410 g/mol. The van der Waals surface area contributed by atoms with E-state index in [1.807, 2.05) is 0 Å². The van der Waals surface area contributed by atoms with Gasteiger partial charge in [-0.25, -0.2) is 17.6 Å². The van der Waals surface area contributed by atoms with Crippen molar-refractivity contribution in [2.45, 2.75) is 19.4 Å². The van der Waals surface area contributed by atoms with E-state index >= 15 is 0 Å². The summed E-state index contributed by atoms with van der Waals surface area (Å²) in [7, 11) is 1.61. The average Bonchev–Trinajstić information content (AvgIpc) is 3.26. The molecule has 1 aliphatic heterocycles. The van der Waals surface area contributed by atoms with Crippen LogP contribution < -0.4 is 0 Å². The van der Waals surface area contributed by atoms with Gasteiger partial charge in [-0.2, -0.15) is 5.10 Å². The minimum Gasteiger partial charge on any atom is -0.358 e. The van der Waals surface area contributed by atoms with Crippen molar-refractivity contribution in [2.75, 3.05) is 6.61 Å². The van der Waals surface area contributed by atoms with E-state index in [-0.39, 0.29) is 22.8 Å². The Bertz CT molecular complexity index is 1080. The van der Waals surface area contributed by atoms with E-state index in [4.69, 9.17) is 16.3 Å². The van der Waals surface area contributed by atoms with Crippen molar-refractivity contribution < 1.29 is 22.3 Å². The summed E-state index contributed by atoms with van der Waals surface area (Å²) in [6.45, 7) is 3.31. The quantitative estimate of drug-likeness (QED) is 0.439. The second kappa shape index (κ2) is 6.32. The molecule has 0 spiro atoms. The highest BCUT2D eigenvalue weighted by Crippen LogP contribution is 2.52. The third-order valence-electron chi connectivity index (χ3n) is 4.95. The van der Waals surface area contributed by atoms with Crippen LogP contribution in [0.4, 0.5) is 17.6 Å². The summed E-state index contributed by atoms with van der Waals surface area (Å²) in [5, 5.41) is 4.18. The molecule has 8 heteroatoms. The first-order chi connectivity index (χ1) is 13.2. The molecule has 0 radical (unpaired) electrons. The first-order valence-corrected chi connectivity index (χ1v) is 8.82. The fourth-order valence-electron chi connectivity index (χ4n) is 3.89. The van der Waals surface area contributed by atoms with E-state index in [1.54, 1.807) is 20.9 Å². The lowest BCUT2D eigenvalue weighted by molar-refractivity contribution is 0.327. The highest BCUT2D eigenvalue weighted by atomic mass is 35.5. The molecule has 0 amide bonds. The van der Waals surface area contributed by atoms with Gasteiger partial charge < -0.3 is 4.74 Å². The minimum absolute atomic E-state index is 0.0429. The predicted molar refractivity (Wildman–Crippen MR) is 96.1 cm³/mol. The maximum Gasteiger partial charge on any atom is 0.162 e. The van der Waals surface area contributed by atoms with E-state index in [0.29, 0.717) is 22.5 Å². The van der Waals surface area contributed by atoms with E-state index in [1.165, 1.54) is 10.7 Å². The van der Waals surface area contributed by atoms with Crippen LogP contribution in [0.2, 0.25) is 5.02 Å². The molecule has 0 N–H and O–H groups in total. The van der Waals surface area contributed by atoms with Crippen LogP contribution in [0.15, 0.2) is 24.3 Å². The lowest BCUT2D eigenvalue weighted by atomic mass is 9.87. The third kappa shape index (κ3) is 2.72. The van der Waals surface area contributed by atoms with Crippen molar-refractivity contribution in [2.24, 2.45) is 7.05 Å². The third-order valence-corrected chi connectivity index (χ3v) is 5.25. The maximum absolute atomic E-state index is 14.7. The average molecular weight is 411 g/mol. The molecule has 0 saturated carbocycles. The normalized spacial score (nSPS) is 18.6. The standard InChI is InChI=1S/C20H15ClF4N2O/c1-9-4-11(22)7-15(25)18(9)20(8-28-20)19-16(10(2)26-27(19)3)17-13(21)5-12(23)6-14(17)24/h4-7H,8H2,1-3H3. The number of ether oxygens (including phenoxy) is 1. The molecule has 0 aliphatic carbocycles. The first kappa shape index (κ1) is 19.0. The summed E-state index contributed by atoms with van der Waals surface area (Å²) in [6.07, 6.45) is 0. The number of benzene rings is 2. The molecule has 1 aliphatic rings. The van der Waals surface area contributed by atoms with Gasteiger partial charge >= 0.3 is 0 Å². The van der Waals surface area contributed by atoms with Crippen molar-refractivity contribution in [3.63, 3.8) is 0 Å². The summed E-state index contributed by atoms with van der Waals surface area (Å²) in [4.78, 5) is 0. The van der Waals surface area contributed by atoms with Gasteiger partial charge in [-0.1, -0.05) is 11.6 Å². The predicted octanol–water partition coefficient (Wildman–Crippen LogP) is 5.19. The number of hydrogen-bond donors (Lipinski definition) is 0. The molecular weight excluding hydrogens is 396 g/mol. The Hall–Kier alpha value is -2.38. The van der Waals surface area contributed by atoms with E-state index in [2.05, 4.69) is 5.10 Å². The number of hydrogen-bond acceptors (Lipinski definition) is 2. The van der Waals surface area contributed by atoms with Crippen LogP contribution in [-0.2, 0) is 17.4 Å². The Morgan fingerprint density at radius 2 is 1.61 bits per heavy atom. The molecular formula is C20H15ClF4N2O. The van der Waals surface area contributed by atoms with Crippen molar-refractivity contribution >= 4 is 11.6 Å². The van der Waals surface area contributed by atoms with E-state index in [9.17, 15) is 17.6 Å². The molecule has 1 saturated heterocycles. The second-order valence-electron chi connectivity index (χ2n) is 6.87. The minimum atomic E-state index is -1.27. The van der Waals surface area contributed by atoms with Gasteiger partial charge in [0.15, 0.2) is 5.60 Å². The molecule has 2 heterocycles. The van der Waals surface area contributed by atoms with Crippen molar-refractivity contribution in [3.8, 4) is 11.1 Å². The highest BCUT2D eigenvalue weighted by molar-refractivity contribution is 6.33. The molecule has 0 bridgehead atoms. The molecule has 4 rings (SSSR count). The summed E-state index contributed by atoms with van der Waals surface area (Å²) < 4.78 is 63.6. The number of epoxide rings is 1. The Morgan fingerprint density at radius 3 is 2.18 bits per heavy atom. The van der Waals surface area contributed by atoms with E-state index < -0.39 is 28.9 Å². The van der Waals surface area contributed by atoms with Gasteiger partial charge in [0, 0.05) is 35.9 Å². The van der Waals surface area contributed by atoms with Crippen LogP contribution >= 0.6 is 11.6 Å². The van der Waals surface area contributed by atoms with Gasteiger partial charge in [0.2, 0.25) is 0 Å². The maximum atomic E-state index is 14.7. The fourth-order valence-corrected chi connectivity index (χ4v) is 4.18. The van der Waals surface area contributed by atoms with Gasteiger partial charge in [-0.3, -0.25) is 4.68 Å². The zero-order valence-electron chi connectivity index (χ0n) is 15.2. The zero-order chi connectivity index (χ0) is 20.4. The summed E-state index contributed by atoms with van der Waals surface area (Å²) in [6, 6.07) is 3.71. The van der Waals surface area contributed by atoms with Crippen LogP contribution in [0.25, 0.3) is 11.1 Å². The lowest BCUT2D eigenvalue weighted by Crippen LogP contribution is -2.20.